The molecular formula is C84H140N4O59. The SMILES string of the molecule is COC[C@@H]1O[C@@H](OC2[C@@H](OCC3O[C@@H](O[C@@H]4C(CO)O[C@@H](O[C@@H]5C(CO)O[C@@H](C)C(NC(C)=O)[C@H]5O)C(NC(C)=O)[C@H]4O)C(O)[C@@H](O[C@H]4OC(CO)[C@@H](O)C(O)C4O[C@@H]4OC(CO)[C@@H](O[C@@H]5OC(CO)[C@H](O)[C@H](O[C@]6(OC=O)C[C@@H](O)[C@@H](C)C(C(O)C(O)CO)O6)C5O)[C@H](O)C4NC(C)=O)[C@@H]3O)OC(CO)[C@@H](O)[C@@H]2O)C(NC(C)=O)C(O)[C@@H]1O[C@@H]1OC(CO)[C@H](O)[C@H](O[C@]2(OC=O)C[C@@H](O)[C@@H](C)C(C(O)C(O)CO)O2)C1O. The Bertz CT molecular complexity index is 4090. The molecule has 11 heterocycles. The first-order valence-corrected chi connectivity index (χ1v) is 47.3. The van der Waals surface area contributed by atoms with Gasteiger partial charge in [-0.15, -0.1) is 0 Å². The number of hydrogen-bond donors (Lipinski definition) is 33. The van der Waals surface area contributed by atoms with Gasteiger partial charge >= 0.3 is 11.9 Å². The summed E-state index contributed by atoms with van der Waals surface area (Å²) in [6, 6.07) is -7.36. The number of aliphatic hydroxyl groups is 29. The average molecular weight is 2150 g/mol. The van der Waals surface area contributed by atoms with Gasteiger partial charge in [0, 0.05) is 46.6 Å². The minimum Gasteiger partial charge on any atom is -0.410 e. The number of amides is 4. The summed E-state index contributed by atoms with van der Waals surface area (Å²) >= 11 is 0. The first-order chi connectivity index (χ1) is 69.6. The van der Waals surface area contributed by atoms with Crippen LogP contribution in [0.15, 0.2) is 0 Å². The summed E-state index contributed by atoms with van der Waals surface area (Å²) in [7, 11) is 1.09. The monoisotopic (exact) mass is 2150 g/mol. The van der Waals surface area contributed by atoms with Crippen molar-refractivity contribution in [1.82, 2.24) is 21.3 Å². The molecule has 11 aliphatic rings. The Kier molecular flexibility index (Phi) is 44.4. The van der Waals surface area contributed by atoms with Crippen molar-refractivity contribution in [2.45, 2.75) is 398 Å². The van der Waals surface area contributed by atoms with Crippen LogP contribution >= 0.6 is 0 Å². The molecule has 57 atom stereocenters. The molecule has 0 spiro atoms. The molecule has 25 unspecified atom stereocenters. The van der Waals surface area contributed by atoms with Crippen LogP contribution in [0, 0.1) is 11.8 Å². The highest BCUT2D eigenvalue weighted by Crippen LogP contribution is 2.46. The van der Waals surface area contributed by atoms with Gasteiger partial charge in [0.1, 0.15) is 238 Å². The molecule has 0 radical (unpaired) electrons. The summed E-state index contributed by atoms with van der Waals surface area (Å²) in [4.78, 5) is 76.7. The molecule has 0 aromatic rings. The Labute approximate surface area is 835 Å². The molecule has 147 heavy (non-hydrogen) atoms. The largest absolute Gasteiger partial charge is 0.410 e. The van der Waals surface area contributed by atoms with Crippen LogP contribution in [-0.4, -0.2) is 601 Å². The predicted molar refractivity (Wildman–Crippen MR) is 457 cm³/mol. The van der Waals surface area contributed by atoms with Crippen LogP contribution in [0.3, 0.4) is 0 Å². The molecule has 63 heteroatoms. The number of carbonyl (C=O) groups excluding carboxylic acids is 6. The van der Waals surface area contributed by atoms with Crippen LogP contribution in [0.4, 0.5) is 0 Å². The summed E-state index contributed by atoms with van der Waals surface area (Å²) in [6.45, 7) is -4.86. The number of rotatable bonds is 44. The molecule has 33 N–H and O–H groups in total. The van der Waals surface area contributed by atoms with Crippen molar-refractivity contribution < 1.29 is 291 Å². The lowest BCUT2D eigenvalue weighted by atomic mass is 9.86. The van der Waals surface area contributed by atoms with Crippen molar-refractivity contribution in [3.05, 3.63) is 0 Å². The lowest BCUT2D eigenvalue weighted by molar-refractivity contribution is -0.449. The van der Waals surface area contributed by atoms with E-state index >= 15 is 0 Å². The number of methoxy groups -OCH3 is 1. The maximum absolute atomic E-state index is 13.4. The van der Waals surface area contributed by atoms with E-state index in [1.807, 2.05) is 0 Å². The molecule has 0 aromatic heterocycles. The van der Waals surface area contributed by atoms with Crippen LogP contribution in [-0.2, 0) is 142 Å². The van der Waals surface area contributed by atoms with Gasteiger partial charge in [0.05, 0.1) is 122 Å². The fourth-order valence-corrected chi connectivity index (χ4v) is 19.5. The van der Waals surface area contributed by atoms with E-state index in [2.05, 4.69) is 21.3 Å². The normalized spacial score (nSPS) is 47.2. The molecule has 0 bridgehead atoms. The number of ether oxygens (including phenoxy) is 24. The Morgan fingerprint density at radius 3 is 0.966 bits per heavy atom. The van der Waals surface area contributed by atoms with Crippen LogP contribution in [0.2, 0.25) is 0 Å². The molecule has 11 rings (SSSR count). The van der Waals surface area contributed by atoms with E-state index in [1.54, 1.807) is 0 Å². The molecule has 11 saturated heterocycles. The second kappa shape index (κ2) is 53.5. The first-order valence-electron chi connectivity index (χ1n) is 47.3. The lowest BCUT2D eigenvalue weighted by Gasteiger charge is -2.51. The Morgan fingerprint density at radius 1 is 0.320 bits per heavy atom. The van der Waals surface area contributed by atoms with Gasteiger partial charge < -0.3 is 283 Å². The molecule has 11 fully saturated rings. The fraction of sp³-hybridized carbons (Fsp3) is 0.929. The van der Waals surface area contributed by atoms with Crippen LogP contribution in [0.1, 0.15) is 61.3 Å². The molecule has 0 saturated carbocycles. The molecular weight excluding hydrogens is 2010 g/mol. The van der Waals surface area contributed by atoms with E-state index < -0.39 is 458 Å². The zero-order chi connectivity index (χ0) is 108. The summed E-state index contributed by atoms with van der Waals surface area (Å²) in [6.07, 6.45) is -106. The summed E-state index contributed by atoms with van der Waals surface area (Å²) in [5.74, 6) is -11.7. The highest BCUT2D eigenvalue weighted by Gasteiger charge is 2.65. The zero-order valence-corrected chi connectivity index (χ0v) is 80.3. The molecule has 11 aliphatic heterocycles. The van der Waals surface area contributed by atoms with Crippen LogP contribution < -0.4 is 21.3 Å². The van der Waals surface area contributed by atoms with Gasteiger partial charge in [0.2, 0.25) is 23.6 Å². The highest BCUT2D eigenvalue weighted by molar-refractivity contribution is 5.74. The van der Waals surface area contributed by atoms with Crippen LogP contribution in [0.5, 0.6) is 0 Å². The number of hydrogen-bond acceptors (Lipinski definition) is 59. The van der Waals surface area contributed by atoms with Gasteiger partial charge in [0.15, 0.2) is 50.3 Å². The van der Waals surface area contributed by atoms with E-state index in [4.69, 9.17) is 114 Å². The third-order valence-electron chi connectivity index (χ3n) is 27.5. The fourth-order valence-electron chi connectivity index (χ4n) is 19.5. The Balaban J connectivity index is 0.911. The van der Waals surface area contributed by atoms with E-state index in [1.165, 1.54) is 20.8 Å². The third-order valence-corrected chi connectivity index (χ3v) is 27.5. The Morgan fingerprint density at radius 2 is 0.605 bits per heavy atom. The summed E-state index contributed by atoms with van der Waals surface area (Å²) in [5.41, 5.74) is 0. The van der Waals surface area contributed by atoms with E-state index in [9.17, 15) is 177 Å². The molecule has 0 aromatic carbocycles. The Hall–Kier alpha value is -5.22. The van der Waals surface area contributed by atoms with Crippen LogP contribution in [0.25, 0.3) is 0 Å². The lowest BCUT2D eigenvalue weighted by Crippen LogP contribution is -2.71. The minimum atomic E-state index is -2.92. The van der Waals surface area contributed by atoms with Crippen molar-refractivity contribution >= 4 is 36.6 Å². The standard InChI is InChI=1S/C84H140N4O59/c1-24-31(104)9-83(126-22-98,144-64(24)48(108)33(106)11-89)146-71-52(112)37(15-93)129-79(62(71)122)139-68-41(19-97)134-76(46(57(68)117)87-29(6)102)143-74-60(120)51(111)36(14-92)132-82(74)141-70-54(114)42(135-78(61(70)121)138-67-40(18-96)133-75(45(56(67)116)86-28(5)101)137-66-39(17-95)128-26(3)44(55(66)115)85-27(4)100)21-125-81-73(59(119)50(110)35(13-91)131-81)142-77-47(88-30(7)103)58(118)69(43(136-77)20-124-8)140-80-63(123)72(53(113)38(16-94)130-80)147-84(127-23-99)10-32(105)25(2)65(145-84)49(109)34(107)12-90/h22-26,31-82,89-97,104-123H,9-21H2,1-8H3,(H,85,100)(H,86,101)(H,87,102)(H,88,103)/t24-,25-,26+,31-,32-,33?,34?,35?,36?,37?,38?,39?,40?,41?,42?,43+,44?,45?,46?,47?,48?,49?,50-,51-,52+,53+,54-,55-,56-,57-,58?,59+,60?,61?,62?,63?,64?,65?,66-,67-,68-,69-,70+,71+,72+,73?,74?,75+,76+,77+,78+,79+,80+,81+,82-,83+,84+/m1/s1. The van der Waals surface area contributed by atoms with Crippen molar-refractivity contribution in [1.29, 1.82) is 0 Å². The van der Waals surface area contributed by atoms with Crippen molar-refractivity contribution in [3.63, 3.8) is 0 Å². The topological polar surface area (TPSA) is 959 Å². The summed E-state index contributed by atoms with van der Waals surface area (Å²) < 4.78 is 143. The molecule has 4 amide bonds. The summed E-state index contributed by atoms with van der Waals surface area (Å²) in [5, 5.41) is 340. The number of carbonyl (C=O) groups is 6. The van der Waals surface area contributed by atoms with Gasteiger partial charge in [-0.1, -0.05) is 13.8 Å². The van der Waals surface area contributed by atoms with Gasteiger partial charge in [0.25, 0.3) is 12.9 Å². The minimum absolute atomic E-state index is 0.247. The van der Waals surface area contributed by atoms with Gasteiger partial charge in [-0.2, -0.15) is 0 Å². The maximum Gasteiger partial charge on any atom is 0.332 e. The average Bonchev–Trinajstić information content (AvgIpc) is 0.761. The second-order valence-corrected chi connectivity index (χ2v) is 37.6. The number of nitrogens with one attached hydrogen (secondary N) is 4. The quantitative estimate of drug-likeness (QED) is 0.0199. The third kappa shape index (κ3) is 27.4. The number of aliphatic hydroxyl groups excluding tert-OH is 29. The van der Waals surface area contributed by atoms with E-state index in [-0.39, 0.29) is 12.9 Å². The van der Waals surface area contributed by atoms with Gasteiger partial charge in [-0.05, 0) is 6.92 Å². The highest BCUT2D eigenvalue weighted by atomic mass is 16.9. The van der Waals surface area contributed by atoms with E-state index in [0.717, 1.165) is 34.8 Å². The smallest absolute Gasteiger partial charge is 0.332 e. The van der Waals surface area contributed by atoms with Gasteiger partial charge in [-0.3, -0.25) is 28.8 Å². The first kappa shape index (κ1) is 122. The predicted octanol–water partition coefficient (Wildman–Crippen LogP) is -21.6. The van der Waals surface area contributed by atoms with Gasteiger partial charge in [-0.25, -0.2) is 0 Å². The van der Waals surface area contributed by atoms with Crippen molar-refractivity contribution in [2.75, 3.05) is 79.8 Å². The molecule has 0 aliphatic carbocycles. The van der Waals surface area contributed by atoms with E-state index in [0.29, 0.717) is 0 Å². The van der Waals surface area contributed by atoms with Crippen molar-refractivity contribution in [3.8, 4) is 0 Å². The molecule has 63 nitrogen and oxygen atoms in total. The van der Waals surface area contributed by atoms with Crippen molar-refractivity contribution in [2.24, 2.45) is 11.8 Å². The molecule has 850 valence electrons. The second-order valence-electron chi connectivity index (χ2n) is 37.6. The zero-order valence-electron chi connectivity index (χ0n) is 80.3. The maximum atomic E-state index is 13.4.